The smallest absolute Gasteiger partial charge is 0.383 e. The maximum atomic E-state index is 12.7. The summed E-state index contributed by atoms with van der Waals surface area (Å²) in [6.07, 6.45) is 12.1. The quantitative estimate of drug-likeness (QED) is 0.257. The summed E-state index contributed by atoms with van der Waals surface area (Å²) in [5, 5.41) is 10.8. The van der Waals surface area contributed by atoms with Gasteiger partial charge in [0, 0.05) is 0 Å². The first kappa shape index (κ1) is 27.0. The number of phenols is 1. The molecule has 0 atom stereocenters. The van der Waals surface area contributed by atoms with Crippen molar-refractivity contribution in [3.8, 4) is 17.2 Å². The Morgan fingerprint density at radius 2 is 1.35 bits per heavy atom. The van der Waals surface area contributed by atoms with Crippen molar-refractivity contribution < 1.29 is 19.0 Å². The molecule has 0 radical (unpaired) electrons. The SMILES string of the molecule is CC(C)=CCCC(C)=CCOc1c(OCC=C(C)CCC=C(C)C)c2c(O)cccc2oc1=O. The van der Waals surface area contributed by atoms with E-state index in [2.05, 4.69) is 46.8 Å². The van der Waals surface area contributed by atoms with Crippen molar-refractivity contribution in [2.45, 2.75) is 67.2 Å². The third kappa shape index (κ3) is 8.62. The van der Waals surface area contributed by atoms with Crippen molar-refractivity contribution in [1.29, 1.82) is 0 Å². The summed E-state index contributed by atoms with van der Waals surface area (Å²) in [5.41, 5.74) is 4.57. The number of fused-ring (bicyclic) bond motifs is 1. The fraction of sp³-hybridized carbons (Fsp3) is 0.414. The zero-order valence-corrected chi connectivity index (χ0v) is 21.4. The summed E-state index contributed by atoms with van der Waals surface area (Å²) in [7, 11) is 0. The molecule has 0 aliphatic heterocycles. The van der Waals surface area contributed by atoms with Gasteiger partial charge in [0.2, 0.25) is 5.75 Å². The van der Waals surface area contributed by atoms with Gasteiger partial charge in [-0.3, -0.25) is 0 Å². The van der Waals surface area contributed by atoms with Crippen molar-refractivity contribution in [3.05, 3.63) is 75.2 Å². The van der Waals surface area contributed by atoms with Crippen LogP contribution in [0.4, 0.5) is 0 Å². The highest BCUT2D eigenvalue weighted by molar-refractivity contribution is 5.91. The Hall–Kier alpha value is -3.21. The minimum atomic E-state index is -0.632. The number of hydrogen-bond donors (Lipinski definition) is 1. The maximum Gasteiger partial charge on any atom is 0.383 e. The highest BCUT2D eigenvalue weighted by Crippen LogP contribution is 2.38. The molecule has 1 aromatic heterocycles. The van der Waals surface area contributed by atoms with E-state index >= 15 is 0 Å². The van der Waals surface area contributed by atoms with Crippen LogP contribution in [0.1, 0.15) is 67.2 Å². The monoisotopic (exact) mass is 466 g/mol. The van der Waals surface area contributed by atoms with Crippen LogP contribution in [-0.4, -0.2) is 18.3 Å². The van der Waals surface area contributed by atoms with Gasteiger partial charge in [-0.05, 0) is 91.5 Å². The van der Waals surface area contributed by atoms with Crippen molar-refractivity contribution in [1.82, 2.24) is 0 Å². The van der Waals surface area contributed by atoms with Crippen LogP contribution < -0.4 is 15.1 Å². The number of rotatable bonds is 12. The van der Waals surface area contributed by atoms with E-state index in [1.807, 2.05) is 19.1 Å². The van der Waals surface area contributed by atoms with Gasteiger partial charge in [-0.2, -0.15) is 0 Å². The van der Waals surface area contributed by atoms with E-state index in [9.17, 15) is 9.90 Å². The summed E-state index contributed by atoms with van der Waals surface area (Å²) in [4.78, 5) is 12.7. The highest BCUT2D eigenvalue weighted by atomic mass is 16.5. The summed E-state index contributed by atoms with van der Waals surface area (Å²) in [6, 6.07) is 4.78. The van der Waals surface area contributed by atoms with Gasteiger partial charge in [0.15, 0.2) is 5.75 Å². The topological polar surface area (TPSA) is 68.9 Å². The van der Waals surface area contributed by atoms with Gasteiger partial charge in [0.25, 0.3) is 0 Å². The largest absolute Gasteiger partial charge is 0.507 e. The van der Waals surface area contributed by atoms with Gasteiger partial charge in [-0.25, -0.2) is 4.79 Å². The summed E-state index contributed by atoms with van der Waals surface area (Å²) < 4.78 is 17.2. The van der Waals surface area contributed by atoms with Crippen LogP contribution >= 0.6 is 0 Å². The van der Waals surface area contributed by atoms with Gasteiger partial charge in [-0.1, -0.05) is 40.5 Å². The molecular formula is C29H38O5. The molecule has 1 N–H and O–H groups in total. The number of ether oxygens (including phenoxy) is 2. The van der Waals surface area contributed by atoms with Crippen molar-refractivity contribution in [3.63, 3.8) is 0 Å². The third-order valence-corrected chi connectivity index (χ3v) is 5.33. The van der Waals surface area contributed by atoms with Crippen LogP contribution in [0, 0.1) is 0 Å². The molecule has 0 saturated heterocycles. The standard InChI is InChI=1S/C29H38O5/c1-20(2)10-7-12-22(5)16-18-32-27-26-24(30)14-9-15-25(26)34-29(31)28(27)33-19-17-23(6)13-8-11-21(3)4/h9-11,14-17,30H,7-8,12-13,18-19H2,1-6H3. The minimum Gasteiger partial charge on any atom is -0.507 e. The van der Waals surface area contributed by atoms with Crippen molar-refractivity contribution in [2.24, 2.45) is 0 Å². The molecular weight excluding hydrogens is 428 g/mol. The fourth-order valence-electron chi connectivity index (χ4n) is 3.36. The first-order valence-electron chi connectivity index (χ1n) is 11.8. The fourth-order valence-corrected chi connectivity index (χ4v) is 3.36. The Morgan fingerprint density at radius 3 is 1.88 bits per heavy atom. The van der Waals surface area contributed by atoms with Gasteiger partial charge in [-0.15, -0.1) is 0 Å². The van der Waals surface area contributed by atoms with Crippen molar-refractivity contribution in [2.75, 3.05) is 13.2 Å². The van der Waals surface area contributed by atoms with Crippen molar-refractivity contribution >= 4 is 11.0 Å². The van der Waals surface area contributed by atoms with Crippen LogP contribution in [0.3, 0.4) is 0 Å². The highest BCUT2D eigenvalue weighted by Gasteiger charge is 2.20. The second kappa shape index (κ2) is 13.5. The molecule has 0 aliphatic carbocycles. The van der Waals surface area contributed by atoms with E-state index in [4.69, 9.17) is 13.9 Å². The zero-order valence-electron chi connectivity index (χ0n) is 21.4. The number of allylic oxidation sites excluding steroid dienone is 6. The Kier molecular flexibility index (Phi) is 10.7. The van der Waals surface area contributed by atoms with Gasteiger partial charge >= 0.3 is 5.63 Å². The van der Waals surface area contributed by atoms with E-state index in [0.717, 1.165) is 25.7 Å². The van der Waals surface area contributed by atoms with E-state index in [-0.39, 0.29) is 36.0 Å². The Morgan fingerprint density at radius 1 is 0.824 bits per heavy atom. The second-order valence-electron chi connectivity index (χ2n) is 9.06. The lowest BCUT2D eigenvalue weighted by molar-refractivity contribution is 0.294. The van der Waals surface area contributed by atoms with Crippen LogP contribution in [0.5, 0.6) is 17.2 Å². The third-order valence-electron chi connectivity index (χ3n) is 5.33. The Labute approximate surface area is 203 Å². The van der Waals surface area contributed by atoms with Crippen LogP contribution in [0.15, 0.2) is 74.0 Å². The minimum absolute atomic E-state index is 0.0289. The van der Waals surface area contributed by atoms with Crippen LogP contribution in [0.2, 0.25) is 0 Å². The average molecular weight is 467 g/mol. The van der Waals surface area contributed by atoms with E-state index in [1.54, 1.807) is 12.1 Å². The van der Waals surface area contributed by atoms with E-state index < -0.39 is 5.63 Å². The van der Waals surface area contributed by atoms with E-state index in [1.165, 1.54) is 28.4 Å². The van der Waals surface area contributed by atoms with Gasteiger partial charge in [0.1, 0.15) is 29.9 Å². The maximum absolute atomic E-state index is 12.7. The van der Waals surface area contributed by atoms with Gasteiger partial charge < -0.3 is 19.0 Å². The molecule has 5 heteroatoms. The number of aromatic hydroxyl groups is 1. The molecule has 0 saturated carbocycles. The molecule has 2 aromatic rings. The van der Waals surface area contributed by atoms with Gasteiger partial charge in [0.05, 0.1) is 0 Å². The molecule has 0 fully saturated rings. The first-order chi connectivity index (χ1) is 16.2. The number of phenolic OH excluding ortho intramolecular Hbond substituents is 1. The number of hydrogen-bond acceptors (Lipinski definition) is 5. The summed E-state index contributed by atoms with van der Waals surface area (Å²) in [6.45, 7) is 12.9. The predicted octanol–water partition coefficient (Wildman–Crippen LogP) is 7.64. The lowest BCUT2D eigenvalue weighted by Gasteiger charge is -2.13. The molecule has 0 unspecified atom stereocenters. The normalized spacial score (nSPS) is 11.9. The molecule has 0 amide bonds. The molecule has 2 rings (SSSR count). The Bertz CT molecular complexity index is 1140. The summed E-state index contributed by atoms with van der Waals surface area (Å²) in [5.74, 6) is 0.144. The van der Waals surface area contributed by atoms with Crippen LogP contribution in [-0.2, 0) is 0 Å². The summed E-state index contributed by atoms with van der Waals surface area (Å²) >= 11 is 0. The zero-order chi connectivity index (χ0) is 25.1. The first-order valence-corrected chi connectivity index (χ1v) is 11.8. The lowest BCUT2D eigenvalue weighted by Crippen LogP contribution is -2.11. The molecule has 184 valence electrons. The molecule has 5 nitrogen and oxygen atoms in total. The number of benzene rings is 1. The Balaban J connectivity index is 2.24. The molecule has 0 bridgehead atoms. The molecule has 34 heavy (non-hydrogen) atoms. The molecule has 1 aromatic carbocycles. The average Bonchev–Trinajstić information content (AvgIpc) is 2.74. The molecule has 0 aliphatic rings. The van der Waals surface area contributed by atoms with E-state index in [0.29, 0.717) is 5.39 Å². The molecule has 1 heterocycles. The lowest BCUT2D eigenvalue weighted by atomic mass is 10.1. The molecule has 0 spiro atoms. The predicted molar refractivity (Wildman–Crippen MR) is 140 cm³/mol. The van der Waals surface area contributed by atoms with Crippen LogP contribution in [0.25, 0.3) is 11.0 Å². The second-order valence-corrected chi connectivity index (χ2v) is 9.06.